The lowest BCUT2D eigenvalue weighted by molar-refractivity contribution is 0.177. The minimum atomic E-state index is 0.430. The van der Waals surface area contributed by atoms with Gasteiger partial charge in [-0.2, -0.15) is 0 Å². The molecule has 0 amide bonds. The van der Waals surface area contributed by atoms with Gasteiger partial charge in [-0.25, -0.2) is 0 Å². The van der Waals surface area contributed by atoms with Crippen LogP contribution in [0.5, 0.6) is 5.75 Å². The molecule has 0 radical (unpaired) electrons. The van der Waals surface area contributed by atoms with E-state index in [2.05, 4.69) is 47.2 Å². The van der Waals surface area contributed by atoms with Gasteiger partial charge in [0.25, 0.3) is 0 Å². The van der Waals surface area contributed by atoms with Crippen molar-refractivity contribution in [3.63, 3.8) is 0 Å². The lowest BCUT2D eigenvalue weighted by Gasteiger charge is -2.40. The van der Waals surface area contributed by atoms with Crippen LogP contribution in [0.1, 0.15) is 63.5 Å². The number of benzene rings is 2. The Morgan fingerprint density at radius 1 is 1.18 bits per heavy atom. The van der Waals surface area contributed by atoms with Gasteiger partial charge in [-0.1, -0.05) is 50.4 Å². The molecule has 184 valence electrons. The van der Waals surface area contributed by atoms with E-state index < -0.39 is 0 Å². The molecule has 2 aliphatic rings. The fraction of sp³-hybridized carbons (Fsp3) is 0.536. The number of thiocarbonyl (C=S) groups is 1. The van der Waals surface area contributed by atoms with Crippen LogP contribution >= 0.6 is 23.8 Å². The van der Waals surface area contributed by atoms with E-state index in [4.69, 9.17) is 28.6 Å². The van der Waals surface area contributed by atoms with Crippen LogP contribution in [0.15, 0.2) is 36.4 Å². The lowest BCUT2D eigenvalue weighted by atomic mass is 9.84. The molecular formula is C28H38ClN3OS. The van der Waals surface area contributed by atoms with Crippen LogP contribution in [0.3, 0.4) is 0 Å². The highest BCUT2D eigenvalue weighted by Crippen LogP contribution is 2.33. The molecule has 0 aromatic heterocycles. The largest absolute Gasteiger partial charge is 0.495 e. The molecule has 1 heterocycles. The van der Waals surface area contributed by atoms with Gasteiger partial charge in [-0.05, 0) is 79.6 Å². The topological polar surface area (TPSA) is 27.7 Å². The van der Waals surface area contributed by atoms with Crippen molar-refractivity contribution >= 4 is 40.3 Å². The van der Waals surface area contributed by atoms with Crippen LogP contribution in [0, 0.1) is 5.92 Å². The van der Waals surface area contributed by atoms with Crippen molar-refractivity contribution in [3.8, 4) is 5.75 Å². The maximum absolute atomic E-state index is 6.18. The van der Waals surface area contributed by atoms with E-state index >= 15 is 0 Å². The lowest BCUT2D eigenvalue weighted by Crippen LogP contribution is -2.46. The van der Waals surface area contributed by atoms with Crippen LogP contribution in [0.2, 0.25) is 5.02 Å². The van der Waals surface area contributed by atoms with Gasteiger partial charge in [0.1, 0.15) is 5.75 Å². The number of aryl methyl sites for hydroxylation is 1. The average Bonchev–Trinajstić information content (AvgIpc) is 2.84. The van der Waals surface area contributed by atoms with Crippen LogP contribution in [0.25, 0.3) is 0 Å². The van der Waals surface area contributed by atoms with Crippen molar-refractivity contribution in [2.45, 2.75) is 71.4 Å². The molecular weight excluding hydrogens is 462 g/mol. The van der Waals surface area contributed by atoms with Gasteiger partial charge in [-0.15, -0.1) is 0 Å². The first-order valence-electron chi connectivity index (χ1n) is 12.8. The quantitative estimate of drug-likeness (QED) is 0.404. The Balaban J connectivity index is 1.59. The van der Waals surface area contributed by atoms with Crippen molar-refractivity contribution < 1.29 is 4.74 Å². The van der Waals surface area contributed by atoms with Crippen LogP contribution in [-0.2, 0) is 13.0 Å². The molecule has 0 spiro atoms. The molecule has 0 saturated heterocycles. The number of fused-ring (bicyclic) bond motifs is 1. The van der Waals surface area contributed by atoms with Gasteiger partial charge >= 0.3 is 0 Å². The number of nitrogens with zero attached hydrogens (tertiary/aromatic N) is 2. The van der Waals surface area contributed by atoms with Crippen LogP contribution in [-0.4, -0.2) is 36.3 Å². The number of ether oxygens (including phenoxy) is 1. The summed E-state index contributed by atoms with van der Waals surface area (Å²) in [5.74, 6) is 1.31. The summed E-state index contributed by atoms with van der Waals surface area (Å²) in [6.45, 7) is 7.75. The monoisotopic (exact) mass is 499 g/mol. The van der Waals surface area contributed by atoms with Crippen molar-refractivity contribution in [2.24, 2.45) is 5.92 Å². The van der Waals surface area contributed by atoms with E-state index in [1.165, 1.54) is 61.9 Å². The summed E-state index contributed by atoms with van der Waals surface area (Å²) in [5.41, 5.74) is 5.08. The van der Waals surface area contributed by atoms with Gasteiger partial charge in [-0.3, -0.25) is 0 Å². The molecule has 34 heavy (non-hydrogen) atoms. The van der Waals surface area contributed by atoms with Gasteiger partial charge < -0.3 is 19.9 Å². The minimum Gasteiger partial charge on any atom is -0.495 e. The van der Waals surface area contributed by atoms with E-state index in [1.807, 2.05) is 18.2 Å². The highest BCUT2D eigenvalue weighted by atomic mass is 35.5. The Morgan fingerprint density at radius 3 is 2.76 bits per heavy atom. The fourth-order valence-corrected chi connectivity index (χ4v) is 6.05. The van der Waals surface area contributed by atoms with Crippen molar-refractivity contribution in [1.82, 2.24) is 4.90 Å². The Hall–Kier alpha value is -1.98. The molecule has 2 aromatic rings. The summed E-state index contributed by atoms with van der Waals surface area (Å²) < 4.78 is 5.55. The summed E-state index contributed by atoms with van der Waals surface area (Å²) in [6.07, 6.45) is 8.57. The third-order valence-corrected chi connectivity index (χ3v) is 7.91. The fourth-order valence-electron chi connectivity index (χ4n) is 5.58. The first-order valence-corrected chi connectivity index (χ1v) is 13.6. The van der Waals surface area contributed by atoms with E-state index in [0.29, 0.717) is 22.7 Å². The smallest absolute Gasteiger partial charge is 0.174 e. The highest BCUT2D eigenvalue weighted by molar-refractivity contribution is 7.80. The van der Waals surface area contributed by atoms with Crippen LogP contribution in [0.4, 0.5) is 11.4 Å². The minimum absolute atomic E-state index is 0.430. The zero-order valence-electron chi connectivity index (χ0n) is 20.8. The maximum Gasteiger partial charge on any atom is 0.174 e. The summed E-state index contributed by atoms with van der Waals surface area (Å²) in [4.78, 5) is 4.96. The number of hydrogen-bond donors (Lipinski definition) is 1. The van der Waals surface area contributed by atoms with Crippen molar-refractivity contribution in [3.05, 3.63) is 52.5 Å². The third kappa shape index (κ3) is 5.80. The summed E-state index contributed by atoms with van der Waals surface area (Å²) in [5, 5.41) is 4.88. The summed E-state index contributed by atoms with van der Waals surface area (Å²) in [7, 11) is 1.66. The van der Waals surface area contributed by atoms with Gasteiger partial charge in [0.2, 0.25) is 0 Å². The Bertz CT molecular complexity index is 998. The molecule has 1 fully saturated rings. The first kappa shape index (κ1) is 25.1. The second-order valence-electron chi connectivity index (χ2n) is 9.79. The highest BCUT2D eigenvalue weighted by Gasteiger charge is 2.30. The number of rotatable bonds is 7. The van der Waals surface area contributed by atoms with Gasteiger partial charge in [0.15, 0.2) is 5.11 Å². The Kier molecular flexibility index (Phi) is 8.60. The summed E-state index contributed by atoms with van der Waals surface area (Å²) >= 11 is 12.2. The normalized spacial score (nSPS) is 19.9. The Morgan fingerprint density at radius 2 is 2.00 bits per heavy atom. The number of hydrogen-bond acceptors (Lipinski definition) is 3. The van der Waals surface area contributed by atoms with Crippen LogP contribution < -0.4 is 15.0 Å². The SMILES string of the molecule is CCCN1CCCc2cc(CN(C(=S)Nc3ccc(Cl)cc3OC)C3CCCCC3C)ccc21. The maximum atomic E-state index is 6.18. The standard InChI is InChI=1S/C28H38ClN3OS/c1-4-15-31-16-7-9-22-17-21(11-14-26(22)31)19-32(25-10-6-5-8-20(25)2)28(34)30-24-13-12-23(29)18-27(24)33-3/h11-14,17-18,20,25H,4-10,15-16,19H2,1-3H3,(H,30,34). The average molecular weight is 500 g/mol. The van der Waals surface area contributed by atoms with Gasteiger partial charge in [0.05, 0.1) is 12.8 Å². The first-order chi connectivity index (χ1) is 16.5. The number of nitrogens with one attached hydrogen (secondary N) is 1. The number of anilines is 2. The van der Waals surface area contributed by atoms with E-state index in [9.17, 15) is 0 Å². The number of methoxy groups -OCH3 is 1. The number of halogens is 1. The molecule has 1 N–H and O–H groups in total. The second-order valence-corrected chi connectivity index (χ2v) is 10.6. The third-order valence-electron chi connectivity index (χ3n) is 7.34. The zero-order valence-corrected chi connectivity index (χ0v) is 22.4. The molecule has 2 unspecified atom stereocenters. The molecule has 1 saturated carbocycles. The molecule has 0 bridgehead atoms. The molecule has 2 aromatic carbocycles. The molecule has 1 aliphatic heterocycles. The van der Waals surface area contributed by atoms with Crippen molar-refractivity contribution in [1.29, 1.82) is 0 Å². The van der Waals surface area contributed by atoms with Crippen molar-refractivity contribution in [2.75, 3.05) is 30.4 Å². The Labute approximate surface area is 215 Å². The van der Waals surface area contributed by atoms with E-state index in [1.54, 1.807) is 7.11 Å². The zero-order chi connectivity index (χ0) is 24.1. The van der Waals surface area contributed by atoms with E-state index in [0.717, 1.165) is 30.3 Å². The predicted molar refractivity (Wildman–Crippen MR) is 148 cm³/mol. The predicted octanol–water partition coefficient (Wildman–Crippen LogP) is 7.29. The molecule has 4 nitrogen and oxygen atoms in total. The molecule has 6 heteroatoms. The van der Waals surface area contributed by atoms with E-state index in [-0.39, 0.29) is 0 Å². The summed E-state index contributed by atoms with van der Waals surface area (Å²) in [6, 6.07) is 13.1. The molecule has 4 rings (SSSR count). The molecule has 2 atom stereocenters. The second kappa shape index (κ2) is 11.6. The van der Waals surface area contributed by atoms with Gasteiger partial charge in [0, 0.05) is 42.5 Å². The molecule has 1 aliphatic carbocycles.